The molecule has 1 heteroatoms. The van der Waals surface area contributed by atoms with Gasteiger partial charge in [-0.1, -0.05) is 36.1 Å². The van der Waals surface area contributed by atoms with Crippen molar-refractivity contribution < 1.29 is 4.74 Å². The highest BCUT2D eigenvalue weighted by Crippen LogP contribution is 2.26. The van der Waals surface area contributed by atoms with Gasteiger partial charge in [0.1, 0.15) is 11.5 Å². The second-order valence-corrected chi connectivity index (χ2v) is 5.52. The minimum atomic E-state index is 0.741. The number of terminal acetylenes is 2. The molecule has 0 saturated carbocycles. The van der Waals surface area contributed by atoms with Crippen LogP contribution in [0.4, 0.5) is 0 Å². The van der Waals surface area contributed by atoms with Crippen LogP contribution in [0.15, 0.2) is 72.8 Å². The monoisotopic (exact) mass is 342 g/mol. The summed E-state index contributed by atoms with van der Waals surface area (Å²) in [6.07, 6.45) is 10.3. The number of hydrogen-bond acceptors (Lipinski definition) is 1. The summed E-state index contributed by atoms with van der Waals surface area (Å²) in [7, 11) is 0. The van der Waals surface area contributed by atoms with Crippen molar-refractivity contribution in [2.24, 2.45) is 0 Å². The Labute approximate surface area is 160 Å². The molecule has 0 radical (unpaired) electrons. The molecule has 27 heavy (non-hydrogen) atoms. The fourth-order valence-electron chi connectivity index (χ4n) is 2.42. The maximum Gasteiger partial charge on any atom is 0.127 e. The molecule has 3 aromatic carbocycles. The molecule has 1 nitrogen and oxygen atoms in total. The van der Waals surface area contributed by atoms with Gasteiger partial charge in [-0.25, -0.2) is 0 Å². The second kappa shape index (κ2) is 8.70. The summed E-state index contributed by atoms with van der Waals surface area (Å²) in [5.74, 6) is 17.1. The van der Waals surface area contributed by atoms with Crippen LogP contribution in [0, 0.1) is 48.4 Å². The Kier molecular flexibility index (Phi) is 5.64. The predicted molar refractivity (Wildman–Crippen MR) is 110 cm³/mol. The smallest absolute Gasteiger partial charge is 0.127 e. The van der Waals surface area contributed by atoms with Crippen LogP contribution in [0.2, 0.25) is 0 Å². The lowest BCUT2D eigenvalue weighted by molar-refractivity contribution is 0.483. The lowest BCUT2D eigenvalue weighted by Crippen LogP contribution is -1.85. The Morgan fingerprint density at radius 1 is 0.519 bits per heavy atom. The van der Waals surface area contributed by atoms with Gasteiger partial charge in [0.25, 0.3) is 0 Å². The number of hydrogen-bond donors (Lipinski definition) is 0. The lowest BCUT2D eigenvalue weighted by atomic mass is 10.0. The Hall–Kier alpha value is -4.30. The Morgan fingerprint density at radius 3 is 1.33 bits per heavy atom. The fraction of sp³-hybridized carbons (Fsp3) is 0. The van der Waals surface area contributed by atoms with Crippen LogP contribution in [0.25, 0.3) is 11.1 Å². The van der Waals surface area contributed by atoms with Crippen LogP contribution in [0.1, 0.15) is 11.1 Å². The van der Waals surface area contributed by atoms with E-state index in [0.29, 0.717) is 0 Å². The molecule has 0 atom stereocenters. The van der Waals surface area contributed by atoms with Crippen molar-refractivity contribution in [2.75, 3.05) is 0 Å². The first-order valence-electron chi connectivity index (χ1n) is 8.20. The van der Waals surface area contributed by atoms with E-state index in [1.54, 1.807) is 0 Å². The van der Waals surface area contributed by atoms with Gasteiger partial charge in [-0.05, 0) is 83.3 Å². The van der Waals surface area contributed by atoms with Gasteiger partial charge in [0.05, 0.1) is 0 Å². The summed E-state index contributed by atoms with van der Waals surface area (Å²) in [6.45, 7) is 0. The Balaban J connectivity index is 1.70. The van der Waals surface area contributed by atoms with E-state index in [9.17, 15) is 0 Å². The molecule has 3 aromatic rings. The van der Waals surface area contributed by atoms with Crippen LogP contribution >= 0.6 is 0 Å². The maximum absolute atomic E-state index is 5.87. The fourth-order valence-corrected chi connectivity index (χ4v) is 2.42. The molecular formula is C26H14O. The third-order valence-corrected chi connectivity index (χ3v) is 3.72. The topological polar surface area (TPSA) is 9.23 Å². The molecule has 0 spiro atoms. The van der Waals surface area contributed by atoms with Crippen molar-refractivity contribution in [3.63, 3.8) is 0 Å². The highest BCUT2D eigenvalue weighted by Gasteiger charge is 2.01. The molecule has 0 N–H and O–H groups in total. The normalized spacial score (nSPS) is 8.81. The van der Waals surface area contributed by atoms with E-state index >= 15 is 0 Å². The quantitative estimate of drug-likeness (QED) is 0.601. The Morgan fingerprint density at radius 2 is 0.889 bits per heavy atom. The van der Waals surface area contributed by atoms with Gasteiger partial charge in [0.2, 0.25) is 0 Å². The van der Waals surface area contributed by atoms with Crippen molar-refractivity contribution >= 4 is 0 Å². The minimum absolute atomic E-state index is 0.741. The SMILES string of the molecule is C#CC#Cc1ccc(Oc2ccc(-c3ccc(C#CC#C)cc3)cc2)cc1. The van der Waals surface area contributed by atoms with Gasteiger partial charge in [-0.3, -0.25) is 0 Å². The van der Waals surface area contributed by atoms with E-state index in [-0.39, 0.29) is 0 Å². The third-order valence-electron chi connectivity index (χ3n) is 3.72. The summed E-state index contributed by atoms with van der Waals surface area (Å²) in [4.78, 5) is 0. The molecule has 0 aliphatic rings. The highest BCUT2D eigenvalue weighted by atomic mass is 16.5. The molecule has 0 unspecified atom stereocenters. The molecule has 0 amide bonds. The van der Waals surface area contributed by atoms with E-state index in [1.807, 2.05) is 72.8 Å². The molecule has 0 saturated heterocycles. The predicted octanol–water partition coefficient (Wildman–Crippen LogP) is 5.12. The zero-order valence-corrected chi connectivity index (χ0v) is 14.5. The van der Waals surface area contributed by atoms with Crippen molar-refractivity contribution in [2.45, 2.75) is 0 Å². The summed E-state index contributed by atoms with van der Waals surface area (Å²) < 4.78 is 5.87. The molecule has 124 valence electrons. The highest BCUT2D eigenvalue weighted by molar-refractivity contribution is 5.65. The first-order valence-corrected chi connectivity index (χ1v) is 8.20. The van der Waals surface area contributed by atoms with E-state index in [0.717, 1.165) is 33.8 Å². The van der Waals surface area contributed by atoms with Crippen molar-refractivity contribution in [1.29, 1.82) is 0 Å². The van der Waals surface area contributed by atoms with Crippen LogP contribution in [0.3, 0.4) is 0 Å². The van der Waals surface area contributed by atoms with E-state index in [2.05, 4.69) is 35.5 Å². The molecule has 0 aliphatic heterocycles. The number of benzene rings is 3. The molecule has 0 aliphatic carbocycles. The van der Waals surface area contributed by atoms with E-state index in [1.165, 1.54) is 0 Å². The molecule has 0 fully saturated rings. The van der Waals surface area contributed by atoms with Gasteiger partial charge >= 0.3 is 0 Å². The summed E-state index contributed by atoms with van der Waals surface area (Å²) in [5, 5.41) is 0. The van der Waals surface area contributed by atoms with Gasteiger partial charge in [0, 0.05) is 11.1 Å². The second-order valence-electron chi connectivity index (χ2n) is 5.52. The first kappa shape index (κ1) is 17.5. The average Bonchev–Trinajstić information content (AvgIpc) is 2.73. The Bertz CT molecular complexity index is 1130. The van der Waals surface area contributed by atoms with Crippen LogP contribution < -0.4 is 4.74 Å². The van der Waals surface area contributed by atoms with Crippen LogP contribution in [0.5, 0.6) is 11.5 Å². The van der Waals surface area contributed by atoms with Crippen LogP contribution in [-0.2, 0) is 0 Å². The first-order chi connectivity index (χ1) is 13.3. The summed E-state index contributed by atoms with van der Waals surface area (Å²) in [5.41, 5.74) is 3.95. The number of rotatable bonds is 3. The average molecular weight is 342 g/mol. The minimum Gasteiger partial charge on any atom is -0.457 e. The lowest BCUT2D eigenvalue weighted by Gasteiger charge is -2.07. The zero-order valence-electron chi connectivity index (χ0n) is 14.5. The van der Waals surface area contributed by atoms with Crippen LogP contribution in [-0.4, -0.2) is 0 Å². The van der Waals surface area contributed by atoms with Crippen molar-refractivity contribution in [3.8, 4) is 71.0 Å². The molecule has 0 bridgehead atoms. The zero-order chi connectivity index (χ0) is 18.9. The molecule has 0 heterocycles. The van der Waals surface area contributed by atoms with E-state index in [4.69, 9.17) is 17.6 Å². The third kappa shape index (κ3) is 4.84. The maximum atomic E-state index is 5.87. The molecular weight excluding hydrogens is 328 g/mol. The summed E-state index contributed by atoms with van der Waals surface area (Å²) >= 11 is 0. The standard InChI is InChI=1S/C26H14O/c1-3-5-7-21-9-13-23(14-10-21)24-15-19-26(20-16-24)27-25-17-11-22(12-18-25)8-6-4-2/h1-2,9-20H. The number of ether oxygens (including phenoxy) is 1. The van der Waals surface area contributed by atoms with Crippen molar-refractivity contribution in [1.82, 2.24) is 0 Å². The van der Waals surface area contributed by atoms with Gasteiger partial charge in [0.15, 0.2) is 0 Å². The molecule has 3 rings (SSSR count). The van der Waals surface area contributed by atoms with Gasteiger partial charge in [-0.15, -0.1) is 12.8 Å². The van der Waals surface area contributed by atoms with Gasteiger partial charge < -0.3 is 4.74 Å². The summed E-state index contributed by atoms with van der Waals surface area (Å²) in [6, 6.07) is 23.3. The molecule has 0 aromatic heterocycles. The van der Waals surface area contributed by atoms with E-state index < -0.39 is 0 Å². The largest absolute Gasteiger partial charge is 0.457 e. The van der Waals surface area contributed by atoms with Gasteiger partial charge in [-0.2, -0.15) is 0 Å². The van der Waals surface area contributed by atoms with Crippen molar-refractivity contribution in [3.05, 3.63) is 83.9 Å².